The Morgan fingerprint density at radius 1 is 1.38 bits per heavy atom. The number of piperidine rings is 1. The molecule has 2 fully saturated rings. The maximum atomic E-state index is 12.7. The highest BCUT2D eigenvalue weighted by Crippen LogP contribution is 2.24. The number of nitrogens with one attached hydrogen (secondary N) is 1. The van der Waals surface area contributed by atoms with Gasteiger partial charge in [-0.25, -0.2) is 0 Å². The van der Waals surface area contributed by atoms with Crippen LogP contribution >= 0.6 is 0 Å². The molecule has 120 valence electrons. The molecule has 0 aromatic rings. The molecule has 0 bridgehead atoms. The number of likely N-dealkylation sites (tertiary alicyclic amines) is 1. The zero-order valence-electron chi connectivity index (χ0n) is 12.7. The molecule has 2 aliphatic rings. The number of carboxylic acids is 1. The average Bonchev–Trinajstić information content (AvgIpc) is 2.92. The first-order chi connectivity index (χ1) is 10.1. The number of hydrogen-bond acceptors (Lipinski definition) is 4. The van der Waals surface area contributed by atoms with E-state index in [4.69, 9.17) is 9.84 Å². The van der Waals surface area contributed by atoms with E-state index in [9.17, 15) is 9.59 Å². The second-order valence-corrected chi connectivity index (χ2v) is 6.09. The fourth-order valence-corrected chi connectivity index (χ4v) is 3.24. The van der Waals surface area contributed by atoms with E-state index in [1.165, 1.54) is 0 Å². The minimum absolute atomic E-state index is 0.0876. The second kappa shape index (κ2) is 7.75. The van der Waals surface area contributed by atoms with Crippen molar-refractivity contribution in [2.24, 2.45) is 11.8 Å². The molecule has 2 N–H and O–H groups in total. The van der Waals surface area contributed by atoms with Gasteiger partial charge in [-0.2, -0.15) is 0 Å². The maximum Gasteiger partial charge on any atom is 0.303 e. The molecule has 2 aliphatic heterocycles. The van der Waals surface area contributed by atoms with E-state index in [-0.39, 0.29) is 30.2 Å². The molecule has 0 aromatic heterocycles. The number of carbonyl (C=O) groups excluding carboxylic acids is 1. The van der Waals surface area contributed by atoms with Crippen molar-refractivity contribution in [2.75, 3.05) is 32.8 Å². The van der Waals surface area contributed by atoms with E-state index in [0.29, 0.717) is 19.8 Å². The van der Waals surface area contributed by atoms with Crippen LogP contribution in [0.2, 0.25) is 0 Å². The van der Waals surface area contributed by atoms with Gasteiger partial charge in [0.15, 0.2) is 0 Å². The van der Waals surface area contributed by atoms with Crippen molar-refractivity contribution in [3.05, 3.63) is 0 Å². The van der Waals surface area contributed by atoms with Crippen molar-refractivity contribution in [1.82, 2.24) is 10.2 Å². The highest BCUT2D eigenvalue weighted by atomic mass is 16.5. The van der Waals surface area contributed by atoms with Crippen LogP contribution in [0.3, 0.4) is 0 Å². The molecule has 0 aliphatic carbocycles. The molecule has 0 spiro atoms. The van der Waals surface area contributed by atoms with Crippen molar-refractivity contribution in [1.29, 1.82) is 0 Å². The Hall–Kier alpha value is -1.14. The fourth-order valence-electron chi connectivity index (χ4n) is 3.24. The molecule has 1 amide bonds. The normalized spacial score (nSPS) is 29.6. The number of carbonyl (C=O) groups is 2. The summed E-state index contributed by atoms with van der Waals surface area (Å²) in [7, 11) is 0. The van der Waals surface area contributed by atoms with Crippen LogP contribution in [0, 0.1) is 11.8 Å². The first-order valence-electron chi connectivity index (χ1n) is 7.93. The number of amides is 1. The smallest absolute Gasteiger partial charge is 0.303 e. The fraction of sp³-hybridized carbons (Fsp3) is 0.867. The minimum Gasteiger partial charge on any atom is -0.481 e. The van der Waals surface area contributed by atoms with Gasteiger partial charge < -0.3 is 20.1 Å². The summed E-state index contributed by atoms with van der Waals surface area (Å²) in [5, 5.41) is 12.3. The highest BCUT2D eigenvalue weighted by Gasteiger charge is 2.37. The lowest BCUT2D eigenvalue weighted by atomic mass is 9.93. The van der Waals surface area contributed by atoms with Gasteiger partial charge in [-0.05, 0) is 31.7 Å². The van der Waals surface area contributed by atoms with Gasteiger partial charge in [0.2, 0.25) is 5.91 Å². The topological polar surface area (TPSA) is 78.9 Å². The van der Waals surface area contributed by atoms with Crippen LogP contribution in [0.4, 0.5) is 0 Å². The largest absolute Gasteiger partial charge is 0.481 e. The molecule has 21 heavy (non-hydrogen) atoms. The molecule has 6 nitrogen and oxygen atoms in total. The first-order valence-corrected chi connectivity index (χ1v) is 7.93. The Labute approximate surface area is 125 Å². The standard InChI is InChI=1S/C15H26N2O4/c1-2-5-16-13-10-21-9-12(13)15(20)17-6-3-4-11(8-17)7-14(18)19/h11-13,16H,2-10H2,1H3,(H,18,19). The zero-order chi connectivity index (χ0) is 15.2. The number of aliphatic carboxylic acids is 1. The Bertz CT molecular complexity index is 375. The molecule has 3 unspecified atom stereocenters. The summed E-state index contributed by atoms with van der Waals surface area (Å²) in [4.78, 5) is 25.3. The Morgan fingerprint density at radius 2 is 2.19 bits per heavy atom. The van der Waals surface area contributed by atoms with Crippen LogP contribution in [0.1, 0.15) is 32.6 Å². The van der Waals surface area contributed by atoms with Gasteiger partial charge in [-0.1, -0.05) is 6.92 Å². The van der Waals surface area contributed by atoms with Crippen LogP contribution in [0.15, 0.2) is 0 Å². The number of ether oxygens (including phenoxy) is 1. The second-order valence-electron chi connectivity index (χ2n) is 6.09. The van der Waals surface area contributed by atoms with Crippen molar-refractivity contribution in [2.45, 2.75) is 38.6 Å². The monoisotopic (exact) mass is 298 g/mol. The predicted octanol–water partition coefficient (Wildman–Crippen LogP) is 0.714. The summed E-state index contributed by atoms with van der Waals surface area (Å²) in [5.74, 6) is -0.693. The van der Waals surface area contributed by atoms with E-state index < -0.39 is 5.97 Å². The molecule has 2 rings (SSSR count). The number of carboxylic acid groups (broad SMARTS) is 1. The summed E-state index contributed by atoms with van der Waals surface area (Å²) in [6.07, 6.45) is 2.98. The molecule has 0 radical (unpaired) electrons. The quantitative estimate of drug-likeness (QED) is 0.755. The molecule has 0 aromatic carbocycles. The maximum absolute atomic E-state index is 12.7. The summed E-state index contributed by atoms with van der Waals surface area (Å²) in [6, 6.07) is 0.0947. The molecule has 2 saturated heterocycles. The molecular formula is C15H26N2O4. The summed E-state index contributed by atoms with van der Waals surface area (Å²) >= 11 is 0. The highest BCUT2D eigenvalue weighted by molar-refractivity contribution is 5.80. The number of nitrogens with zero attached hydrogens (tertiary/aromatic N) is 1. The van der Waals surface area contributed by atoms with Crippen LogP contribution in [0.5, 0.6) is 0 Å². The van der Waals surface area contributed by atoms with Gasteiger partial charge in [0, 0.05) is 25.6 Å². The zero-order valence-corrected chi connectivity index (χ0v) is 12.7. The van der Waals surface area contributed by atoms with Crippen LogP contribution < -0.4 is 5.32 Å². The lowest BCUT2D eigenvalue weighted by molar-refractivity contribution is -0.142. The van der Waals surface area contributed by atoms with E-state index in [2.05, 4.69) is 12.2 Å². The first kappa shape index (κ1) is 16.2. The van der Waals surface area contributed by atoms with Gasteiger partial charge in [0.05, 0.1) is 19.1 Å². The summed E-state index contributed by atoms with van der Waals surface area (Å²) in [6.45, 7) is 5.36. The van der Waals surface area contributed by atoms with Crippen molar-refractivity contribution in [3.8, 4) is 0 Å². The minimum atomic E-state index is -0.777. The van der Waals surface area contributed by atoms with Gasteiger partial charge in [-0.3, -0.25) is 9.59 Å². The van der Waals surface area contributed by atoms with Crippen LogP contribution in [-0.2, 0) is 14.3 Å². The molecular weight excluding hydrogens is 272 g/mol. The predicted molar refractivity (Wildman–Crippen MR) is 77.9 cm³/mol. The average molecular weight is 298 g/mol. The van der Waals surface area contributed by atoms with E-state index in [1.807, 2.05) is 4.90 Å². The Kier molecular flexibility index (Phi) is 5.99. The lowest BCUT2D eigenvalue weighted by Crippen LogP contribution is -2.49. The summed E-state index contributed by atoms with van der Waals surface area (Å²) in [5.41, 5.74) is 0. The third-order valence-electron chi connectivity index (χ3n) is 4.35. The molecule has 0 saturated carbocycles. The lowest BCUT2D eigenvalue weighted by Gasteiger charge is -2.34. The van der Waals surface area contributed by atoms with Gasteiger partial charge in [-0.15, -0.1) is 0 Å². The van der Waals surface area contributed by atoms with Gasteiger partial charge >= 0.3 is 5.97 Å². The van der Waals surface area contributed by atoms with E-state index >= 15 is 0 Å². The molecule has 6 heteroatoms. The SMILES string of the molecule is CCCNC1COCC1C(=O)N1CCCC(CC(=O)O)C1. The van der Waals surface area contributed by atoms with Crippen molar-refractivity contribution >= 4 is 11.9 Å². The molecule has 2 heterocycles. The van der Waals surface area contributed by atoms with Crippen molar-refractivity contribution in [3.63, 3.8) is 0 Å². The third kappa shape index (κ3) is 4.41. The van der Waals surface area contributed by atoms with Gasteiger partial charge in [0.1, 0.15) is 0 Å². The number of rotatable bonds is 6. The van der Waals surface area contributed by atoms with Gasteiger partial charge in [0.25, 0.3) is 0 Å². The van der Waals surface area contributed by atoms with E-state index in [0.717, 1.165) is 32.4 Å². The molecule has 3 atom stereocenters. The van der Waals surface area contributed by atoms with Crippen molar-refractivity contribution < 1.29 is 19.4 Å². The van der Waals surface area contributed by atoms with Crippen LogP contribution in [-0.4, -0.2) is 60.8 Å². The third-order valence-corrected chi connectivity index (χ3v) is 4.35. The van der Waals surface area contributed by atoms with Crippen LogP contribution in [0.25, 0.3) is 0 Å². The Balaban J connectivity index is 1.90. The summed E-state index contributed by atoms with van der Waals surface area (Å²) < 4.78 is 5.47. The Morgan fingerprint density at radius 3 is 2.90 bits per heavy atom. The number of hydrogen-bond donors (Lipinski definition) is 2. The van der Waals surface area contributed by atoms with E-state index in [1.54, 1.807) is 0 Å².